The van der Waals surface area contributed by atoms with Crippen LogP contribution >= 0.6 is 0 Å². The molecule has 1 saturated heterocycles. The maximum absolute atomic E-state index is 14.8. The van der Waals surface area contributed by atoms with Crippen molar-refractivity contribution in [3.05, 3.63) is 36.0 Å². The lowest BCUT2D eigenvalue weighted by Crippen LogP contribution is -2.60. The molecular formula is C40H51FN6O9S. The lowest BCUT2D eigenvalue weighted by molar-refractivity contribution is -0.142. The summed E-state index contributed by atoms with van der Waals surface area (Å²) in [5.41, 5.74) is -0.695. The Kier molecular flexibility index (Phi) is 9.71. The summed E-state index contributed by atoms with van der Waals surface area (Å²) in [6.07, 6.45) is 3.74. The first-order valence-electron chi connectivity index (χ1n) is 19.9. The standard InChI is InChI=1S/C40H51FN6O9S/c1-21-29-20-47(31(21)33(48)45-40(18-23(40)14-15-41)36(50)46-57(52,53)25-11-12-25)35(49)32(38(2,3)4)44-37(51)56-30-19-39(30)17-22(39)8-6-7-9-27-34(55-29)43-28-16-24(54-5)10-13-26(28)42-27/h10,13,16,22-23,25,29-32H,1,6-9,11-12,14-15,17-20H2,2-5H3,(H,44,51)(H,45,48)(H,46,50)/t22?,23-,29+,30-,31+,32-,39?,40-/m1/s1. The molecule has 2 aromatic rings. The first-order chi connectivity index (χ1) is 27.0. The molecule has 0 radical (unpaired) electrons. The van der Waals surface area contributed by atoms with Crippen molar-refractivity contribution < 1.29 is 46.2 Å². The molecule has 17 heteroatoms. The van der Waals surface area contributed by atoms with Crippen LogP contribution in [0.5, 0.6) is 11.6 Å². The zero-order valence-electron chi connectivity index (χ0n) is 32.8. The van der Waals surface area contributed by atoms with Gasteiger partial charge in [-0.1, -0.05) is 33.8 Å². The molecule has 8 atom stereocenters. The molecule has 4 saturated carbocycles. The van der Waals surface area contributed by atoms with Gasteiger partial charge < -0.3 is 29.7 Å². The van der Waals surface area contributed by atoms with Crippen molar-refractivity contribution >= 4 is 44.9 Å². The molecule has 1 spiro atoms. The van der Waals surface area contributed by atoms with Crippen molar-refractivity contribution in [1.82, 2.24) is 30.2 Å². The van der Waals surface area contributed by atoms with E-state index in [1.54, 1.807) is 40.0 Å². The molecule has 3 heterocycles. The smallest absolute Gasteiger partial charge is 0.408 e. The number of sulfonamides is 1. The van der Waals surface area contributed by atoms with Crippen LogP contribution in [-0.2, 0) is 35.6 Å². The van der Waals surface area contributed by atoms with Gasteiger partial charge in [0, 0.05) is 11.5 Å². The van der Waals surface area contributed by atoms with E-state index in [1.165, 1.54) is 4.90 Å². The fourth-order valence-corrected chi connectivity index (χ4v) is 10.3. The summed E-state index contributed by atoms with van der Waals surface area (Å²) in [5, 5.41) is 4.81. The second-order valence-electron chi connectivity index (χ2n) is 17.8. The predicted octanol–water partition coefficient (Wildman–Crippen LogP) is 3.64. The number of benzene rings is 1. The molecule has 4 aliphatic carbocycles. The van der Waals surface area contributed by atoms with Gasteiger partial charge in [-0.15, -0.1) is 0 Å². The average molecular weight is 811 g/mol. The molecule has 1 aromatic carbocycles. The molecule has 308 valence electrons. The third-order valence-corrected chi connectivity index (χ3v) is 14.6. The van der Waals surface area contributed by atoms with E-state index < -0.39 is 80.8 Å². The SMILES string of the molecule is C=C1[C@@H](C(=O)N[C@]2(C(=O)NS(=O)(=O)C3CC3)C[C@H]2CCF)N2C[C@@H]1Oc1nc3cc(OC)ccc3nc1CCCCC1CC13C[C@H]3OC(=O)N[C@@H](C(C)(C)C)C2=O. The Hall–Kier alpha value is -4.54. The van der Waals surface area contributed by atoms with E-state index in [4.69, 9.17) is 24.2 Å². The van der Waals surface area contributed by atoms with Crippen molar-refractivity contribution in [3.8, 4) is 11.6 Å². The van der Waals surface area contributed by atoms with Crippen molar-refractivity contribution in [3.63, 3.8) is 0 Å². The number of aromatic nitrogens is 2. The zero-order chi connectivity index (χ0) is 40.7. The molecular weight excluding hydrogens is 760 g/mol. The maximum Gasteiger partial charge on any atom is 0.408 e. The third-order valence-electron chi connectivity index (χ3n) is 12.8. The quantitative estimate of drug-likeness (QED) is 0.330. The highest BCUT2D eigenvalue weighted by atomic mass is 32.2. The number of carbonyl (C=O) groups is 4. The van der Waals surface area contributed by atoms with Gasteiger partial charge in [-0.2, -0.15) is 0 Å². The lowest BCUT2D eigenvalue weighted by atomic mass is 9.85. The largest absolute Gasteiger partial charge is 0.497 e. The molecule has 2 unspecified atom stereocenters. The molecule has 2 aliphatic heterocycles. The van der Waals surface area contributed by atoms with Crippen LogP contribution in [0.2, 0.25) is 0 Å². The average Bonchev–Trinajstić information content (AvgIpc) is 4.00. The van der Waals surface area contributed by atoms with E-state index in [-0.39, 0.29) is 42.4 Å². The summed E-state index contributed by atoms with van der Waals surface area (Å²) >= 11 is 0. The fourth-order valence-electron chi connectivity index (χ4n) is 8.92. The summed E-state index contributed by atoms with van der Waals surface area (Å²) < 4.78 is 59.3. The number of nitrogens with zero attached hydrogens (tertiary/aromatic N) is 3. The molecule has 6 aliphatic rings. The van der Waals surface area contributed by atoms with Gasteiger partial charge >= 0.3 is 6.09 Å². The molecule has 4 amide bonds. The van der Waals surface area contributed by atoms with Crippen LogP contribution in [0, 0.1) is 22.7 Å². The van der Waals surface area contributed by atoms with Crippen LogP contribution in [-0.4, -0.2) is 103 Å². The number of carbonyl (C=O) groups excluding carboxylic acids is 4. The highest BCUT2D eigenvalue weighted by Gasteiger charge is 2.72. The predicted molar refractivity (Wildman–Crippen MR) is 204 cm³/mol. The number of alkyl halides is 1. The van der Waals surface area contributed by atoms with Gasteiger partial charge in [-0.3, -0.25) is 23.5 Å². The summed E-state index contributed by atoms with van der Waals surface area (Å²) in [5.74, 6) is -1.86. The van der Waals surface area contributed by atoms with Crippen LogP contribution in [0.3, 0.4) is 0 Å². The number of ether oxygens (including phenoxy) is 3. The first-order valence-corrected chi connectivity index (χ1v) is 21.5. The Balaban J connectivity index is 1.15. The Bertz CT molecular complexity index is 2140. The highest BCUT2D eigenvalue weighted by molar-refractivity contribution is 7.91. The number of amides is 4. The second-order valence-corrected chi connectivity index (χ2v) is 19.8. The number of rotatable bonds is 8. The van der Waals surface area contributed by atoms with Crippen molar-refractivity contribution in [2.45, 2.75) is 120 Å². The molecule has 3 N–H and O–H groups in total. The van der Waals surface area contributed by atoms with Crippen LogP contribution in [0.25, 0.3) is 11.0 Å². The van der Waals surface area contributed by atoms with Crippen molar-refractivity contribution in [2.75, 3.05) is 20.3 Å². The van der Waals surface area contributed by atoms with Gasteiger partial charge in [-0.25, -0.2) is 23.2 Å². The third kappa shape index (κ3) is 7.40. The van der Waals surface area contributed by atoms with Crippen LogP contribution in [0.15, 0.2) is 30.4 Å². The number of fused-ring (bicyclic) bond motifs is 4. The lowest BCUT2D eigenvalue weighted by Gasteiger charge is -2.35. The van der Waals surface area contributed by atoms with E-state index in [0.717, 1.165) is 32.1 Å². The van der Waals surface area contributed by atoms with Gasteiger partial charge in [0.05, 0.1) is 36.6 Å². The molecule has 1 aromatic heterocycles. The molecule has 5 fully saturated rings. The second kappa shape index (κ2) is 14.1. The summed E-state index contributed by atoms with van der Waals surface area (Å²) in [7, 11) is -2.45. The number of alkyl carbamates (subject to hydrolysis) is 1. The van der Waals surface area contributed by atoms with Gasteiger partial charge in [-0.05, 0) is 92.7 Å². The molecule has 2 bridgehead atoms. The van der Waals surface area contributed by atoms with Crippen molar-refractivity contribution in [2.24, 2.45) is 22.7 Å². The van der Waals surface area contributed by atoms with E-state index in [9.17, 15) is 32.0 Å². The molecule has 57 heavy (non-hydrogen) atoms. The molecule has 8 rings (SSSR count). The van der Waals surface area contributed by atoms with E-state index in [0.29, 0.717) is 47.7 Å². The highest BCUT2D eigenvalue weighted by Crippen LogP contribution is 2.73. The number of hydrogen-bond acceptors (Lipinski definition) is 11. The molecule has 15 nitrogen and oxygen atoms in total. The van der Waals surface area contributed by atoms with Gasteiger partial charge in [0.2, 0.25) is 27.7 Å². The Morgan fingerprint density at radius 1 is 1.09 bits per heavy atom. The zero-order valence-corrected chi connectivity index (χ0v) is 33.6. The minimum absolute atomic E-state index is 0.00276. The van der Waals surface area contributed by atoms with Gasteiger partial charge in [0.1, 0.15) is 41.3 Å². The Morgan fingerprint density at radius 2 is 1.86 bits per heavy atom. The topological polar surface area (TPSA) is 195 Å². The van der Waals surface area contributed by atoms with E-state index in [2.05, 4.69) is 21.9 Å². The van der Waals surface area contributed by atoms with Crippen LogP contribution in [0.4, 0.5) is 9.18 Å². The van der Waals surface area contributed by atoms with Crippen LogP contribution < -0.4 is 24.8 Å². The Labute approximate surface area is 331 Å². The number of aryl methyl sites for hydroxylation is 1. The Morgan fingerprint density at radius 3 is 2.56 bits per heavy atom. The summed E-state index contributed by atoms with van der Waals surface area (Å²) in [6, 6.07) is 2.76. The summed E-state index contributed by atoms with van der Waals surface area (Å²) in [4.78, 5) is 67.5. The van der Waals surface area contributed by atoms with Gasteiger partial charge in [0.15, 0.2) is 0 Å². The number of halogens is 1. The number of methoxy groups -OCH3 is 1. The minimum atomic E-state index is -4.00. The fraction of sp³-hybridized carbons (Fsp3) is 0.650. The van der Waals surface area contributed by atoms with Crippen molar-refractivity contribution in [1.29, 1.82) is 0 Å². The van der Waals surface area contributed by atoms with Gasteiger partial charge in [0.25, 0.3) is 5.91 Å². The van der Waals surface area contributed by atoms with E-state index in [1.807, 2.05) is 6.07 Å². The van der Waals surface area contributed by atoms with E-state index >= 15 is 0 Å². The first kappa shape index (κ1) is 39.3. The normalized spacial score (nSPS) is 32.6. The van der Waals surface area contributed by atoms with Crippen LogP contribution in [0.1, 0.15) is 84.3 Å². The number of nitrogens with one attached hydrogen (secondary N) is 3. The minimum Gasteiger partial charge on any atom is -0.497 e. The number of hydrogen-bond donors (Lipinski definition) is 3. The summed E-state index contributed by atoms with van der Waals surface area (Å²) in [6.45, 7) is 8.60. The monoisotopic (exact) mass is 810 g/mol. The maximum atomic E-state index is 14.8.